The molecule has 2 unspecified atom stereocenters. The molecule has 5 heteroatoms. The normalized spacial score (nSPS) is 29.8. The zero-order chi connectivity index (χ0) is 12.4. The maximum absolute atomic E-state index is 5.68. The van der Waals surface area contributed by atoms with Crippen molar-refractivity contribution in [1.82, 2.24) is 15.2 Å². The van der Waals surface area contributed by atoms with Crippen LogP contribution in [0.1, 0.15) is 35.8 Å². The first-order chi connectivity index (χ1) is 8.81. The van der Waals surface area contributed by atoms with Gasteiger partial charge < -0.3 is 10.1 Å². The van der Waals surface area contributed by atoms with E-state index in [0.29, 0.717) is 6.04 Å². The highest BCUT2D eigenvalue weighted by molar-refractivity contribution is 7.11. The second-order valence-corrected chi connectivity index (χ2v) is 6.40. The van der Waals surface area contributed by atoms with Gasteiger partial charge in [0.05, 0.1) is 0 Å². The average Bonchev–Trinajstić information content (AvgIpc) is 2.98. The van der Waals surface area contributed by atoms with Crippen LogP contribution in [0.25, 0.3) is 0 Å². The largest absolute Gasteiger partial charge is 0.371 e. The molecule has 2 fully saturated rings. The summed E-state index contributed by atoms with van der Waals surface area (Å²) in [5.41, 5.74) is 0. The van der Waals surface area contributed by atoms with Crippen LogP contribution in [-0.2, 0) is 11.3 Å². The monoisotopic (exact) mass is 267 g/mol. The number of piperazine rings is 1. The molecule has 3 heterocycles. The van der Waals surface area contributed by atoms with Crippen LogP contribution in [0, 0.1) is 0 Å². The van der Waals surface area contributed by atoms with Gasteiger partial charge in [0.25, 0.3) is 0 Å². The van der Waals surface area contributed by atoms with Crippen LogP contribution in [0.3, 0.4) is 0 Å². The summed E-state index contributed by atoms with van der Waals surface area (Å²) in [6.45, 7) is 7.55. The third kappa shape index (κ3) is 2.91. The van der Waals surface area contributed by atoms with Crippen molar-refractivity contribution in [3.8, 4) is 0 Å². The summed E-state index contributed by atoms with van der Waals surface area (Å²) in [6, 6.07) is 0.601. The first kappa shape index (κ1) is 12.5. The molecular weight excluding hydrogens is 246 g/mol. The number of rotatable bonds is 3. The van der Waals surface area contributed by atoms with E-state index in [1.807, 2.05) is 17.5 Å². The molecule has 0 aliphatic carbocycles. The van der Waals surface area contributed by atoms with Crippen molar-refractivity contribution in [2.24, 2.45) is 0 Å². The standard InChI is InChI=1S/C13H21N3OS/c1-10-8-16(5-4-14-10)9-11-7-15-13(18-11)12-3-2-6-17-12/h7,10,12,14H,2-6,8-9H2,1H3. The lowest BCUT2D eigenvalue weighted by atomic mass is 10.2. The van der Waals surface area contributed by atoms with Crippen LogP contribution in [-0.4, -0.2) is 42.2 Å². The highest BCUT2D eigenvalue weighted by Gasteiger charge is 2.22. The summed E-state index contributed by atoms with van der Waals surface area (Å²) in [6.07, 6.45) is 4.62. The highest BCUT2D eigenvalue weighted by Crippen LogP contribution is 2.31. The molecule has 0 saturated carbocycles. The van der Waals surface area contributed by atoms with E-state index in [1.54, 1.807) is 0 Å². The van der Waals surface area contributed by atoms with E-state index in [-0.39, 0.29) is 6.10 Å². The van der Waals surface area contributed by atoms with E-state index < -0.39 is 0 Å². The molecule has 1 aromatic heterocycles. The van der Waals surface area contributed by atoms with E-state index in [2.05, 4.69) is 22.1 Å². The Labute approximate surface area is 112 Å². The molecule has 0 aromatic carbocycles. The predicted molar refractivity (Wildman–Crippen MR) is 72.8 cm³/mol. The molecule has 2 aliphatic heterocycles. The zero-order valence-corrected chi connectivity index (χ0v) is 11.7. The smallest absolute Gasteiger partial charge is 0.122 e. The van der Waals surface area contributed by atoms with E-state index in [9.17, 15) is 0 Å². The first-order valence-electron chi connectivity index (χ1n) is 6.83. The van der Waals surface area contributed by atoms with Crippen LogP contribution in [0.4, 0.5) is 0 Å². The fourth-order valence-corrected chi connectivity index (χ4v) is 3.74. The molecular formula is C13H21N3OS. The fraction of sp³-hybridized carbons (Fsp3) is 0.769. The minimum Gasteiger partial charge on any atom is -0.371 e. The Morgan fingerprint density at radius 2 is 2.56 bits per heavy atom. The van der Waals surface area contributed by atoms with Crippen molar-refractivity contribution in [1.29, 1.82) is 0 Å². The lowest BCUT2D eigenvalue weighted by Crippen LogP contribution is -2.48. The van der Waals surface area contributed by atoms with Crippen molar-refractivity contribution in [2.45, 2.75) is 38.5 Å². The first-order valence-corrected chi connectivity index (χ1v) is 7.65. The minimum atomic E-state index is 0.269. The van der Waals surface area contributed by atoms with E-state index in [1.165, 1.54) is 16.3 Å². The molecule has 2 atom stereocenters. The molecule has 0 spiro atoms. The van der Waals surface area contributed by atoms with Gasteiger partial charge in [-0.25, -0.2) is 4.98 Å². The van der Waals surface area contributed by atoms with Crippen LogP contribution in [0.2, 0.25) is 0 Å². The number of thiazole rings is 1. The number of ether oxygens (including phenoxy) is 1. The number of hydrogen-bond acceptors (Lipinski definition) is 5. The van der Waals surface area contributed by atoms with Gasteiger partial charge in [-0.2, -0.15) is 0 Å². The Morgan fingerprint density at radius 1 is 1.61 bits per heavy atom. The van der Waals surface area contributed by atoms with Gasteiger partial charge in [0.1, 0.15) is 11.1 Å². The average molecular weight is 267 g/mol. The molecule has 100 valence electrons. The fourth-order valence-electron chi connectivity index (χ4n) is 2.69. The highest BCUT2D eigenvalue weighted by atomic mass is 32.1. The molecule has 0 amide bonds. The number of hydrogen-bond donors (Lipinski definition) is 1. The third-order valence-corrected chi connectivity index (χ3v) is 4.68. The minimum absolute atomic E-state index is 0.269. The molecule has 2 saturated heterocycles. The lowest BCUT2D eigenvalue weighted by molar-refractivity contribution is 0.111. The van der Waals surface area contributed by atoms with Crippen molar-refractivity contribution < 1.29 is 4.74 Å². The summed E-state index contributed by atoms with van der Waals surface area (Å²) in [5, 5.41) is 4.65. The van der Waals surface area contributed by atoms with Gasteiger partial charge >= 0.3 is 0 Å². The van der Waals surface area contributed by atoms with Gasteiger partial charge in [0, 0.05) is 49.9 Å². The Morgan fingerprint density at radius 3 is 3.33 bits per heavy atom. The number of nitrogens with zero attached hydrogens (tertiary/aromatic N) is 2. The Hall–Kier alpha value is -0.490. The molecule has 18 heavy (non-hydrogen) atoms. The van der Waals surface area contributed by atoms with Gasteiger partial charge in [-0.15, -0.1) is 11.3 Å². The van der Waals surface area contributed by atoms with Crippen LogP contribution in [0.15, 0.2) is 6.20 Å². The summed E-state index contributed by atoms with van der Waals surface area (Å²) in [5.74, 6) is 0. The molecule has 0 bridgehead atoms. The molecule has 0 radical (unpaired) electrons. The Bertz CT molecular complexity index is 389. The molecule has 2 aliphatic rings. The van der Waals surface area contributed by atoms with Gasteiger partial charge in [-0.05, 0) is 19.8 Å². The third-order valence-electron chi connectivity index (χ3n) is 3.61. The number of nitrogens with one attached hydrogen (secondary N) is 1. The van der Waals surface area contributed by atoms with Gasteiger partial charge in [0.15, 0.2) is 0 Å². The van der Waals surface area contributed by atoms with Crippen LogP contribution in [0.5, 0.6) is 0 Å². The summed E-state index contributed by atoms with van der Waals surface area (Å²) in [7, 11) is 0. The zero-order valence-electron chi connectivity index (χ0n) is 10.9. The lowest BCUT2D eigenvalue weighted by Gasteiger charge is -2.31. The molecule has 4 nitrogen and oxygen atoms in total. The molecule has 1 aromatic rings. The Balaban J connectivity index is 1.59. The van der Waals surface area contributed by atoms with Crippen molar-refractivity contribution in [2.75, 3.05) is 26.2 Å². The van der Waals surface area contributed by atoms with E-state index in [0.717, 1.165) is 39.2 Å². The molecule has 1 N–H and O–H groups in total. The van der Waals surface area contributed by atoms with Crippen LogP contribution < -0.4 is 5.32 Å². The molecule has 3 rings (SSSR count). The van der Waals surface area contributed by atoms with Gasteiger partial charge in [0.2, 0.25) is 0 Å². The van der Waals surface area contributed by atoms with E-state index >= 15 is 0 Å². The second-order valence-electron chi connectivity index (χ2n) is 5.26. The maximum Gasteiger partial charge on any atom is 0.122 e. The summed E-state index contributed by atoms with van der Waals surface area (Å²) >= 11 is 1.83. The van der Waals surface area contributed by atoms with Gasteiger partial charge in [-0.3, -0.25) is 4.90 Å². The topological polar surface area (TPSA) is 37.4 Å². The van der Waals surface area contributed by atoms with Crippen molar-refractivity contribution in [3.05, 3.63) is 16.1 Å². The predicted octanol–water partition coefficient (Wildman–Crippen LogP) is 1.79. The van der Waals surface area contributed by atoms with Gasteiger partial charge in [-0.1, -0.05) is 0 Å². The SMILES string of the molecule is CC1CN(Cc2cnc(C3CCCO3)s2)CCN1. The van der Waals surface area contributed by atoms with Crippen molar-refractivity contribution in [3.63, 3.8) is 0 Å². The maximum atomic E-state index is 5.68. The summed E-state index contributed by atoms with van der Waals surface area (Å²) < 4.78 is 5.68. The van der Waals surface area contributed by atoms with Crippen molar-refractivity contribution >= 4 is 11.3 Å². The second kappa shape index (κ2) is 5.65. The van der Waals surface area contributed by atoms with Crippen LogP contribution >= 0.6 is 11.3 Å². The Kier molecular flexibility index (Phi) is 3.94. The van der Waals surface area contributed by atoms with E-state index in [4.69, 9.17) is 4.74 Å². The quantitative estimate of drug-likeness (QED) is 0.906. The summed E-state index contributed by atoms with van der Waals surface area (Å²) in [4.78, 5) is 8.41. The number of aromatic nitrogens is 1.